The van der Waals surface area contributed by atoms with Crippen LogP contribution in [0.1, 0.15) is 40.0 Å². The molecule has 0 aromatic carbocycles. The monoisotopic (exact) mass is 312 g/mol. The van der Waals surface area contributed by atoms with Crippen molar-refractivity contribution in [3.63, 3.8) is 0 Å². The maximum atomic E-state index is 12.1. The van der Waals surface area contributed by atoms with Crippen LogP contribution in [0.15, 0.2) is 0 Å². The van der Waals surface area contributed by atoms with Crippen LogP contribution in [0.3, 0.4) is 0 Å². The molecule has 0 aliphatic heterocycles. The van der Waals surface area contributed by atoms with E-state index >= 15 is 0 Å². The Labute approximate surface area is 105 Å². The largest absolute Gasteiger partial charge is 0.524 e. The SMILES string of the molecule is CCC(CC)(CC)S(=O)(=O)OS(=O)(=O)C(F)(F)F. The van der Waals surface area contributed by atoms with Gasteiger partial charge in [0.05, 0.1) is 4.75 Å². The summed E-state index contributed by atoms with van der Waals surface area (Å²) < 4.78 is 83.0. The molecule has 0 saturated carbocycles. The molecule has 110 valence electrons. The average Bonchev–Trinajstić information content (AvgIpc) is 2.17. The van der Waals surface area contributed by atoms with E-state index in [0.29, 0.717) is 0 Å². The highest BCUT2D eigenvalue weighted by Gasteiger charge is 2.53. The third-order valence-electron chi connectivity index (χ3n) is 2.93. The summed E-state index contributed by atoms with van der Waals surface area (Å²) >= 11 is 0. The number of hydrogen-bond donors (Lipinski definition) is 0. The lowest BCUT2D eigenvalue weighted by molar-refractivity contribution is -0.0499. The Kier molecular flexibility index (Phi) is 5.23. The predicted molar refractivity (Wildman–Crippen MR) is 58.6 cm³/mol. The Morgan fingerprint density at radius 3 is 1.39 bits per heavy atom. The summed E-state index contributed by atoms with van der Waals surface area (Å²) in [5.41, 5.74) is -5.76. The Balaban J connectivity index is 5.59. The first kappa shape index (κ1) is 17.6. The van der Waals surface area contributed by atoms with E-state index in [2.05, 4.69) is 3.63 Å². The van der Waals surface area contributed by atoms with Crippen molar-refractivity contribution in [3.8, 4) is 0 Å². The van der Waals surface area contributed by atoms with Gasteiger partial charge in [0.25, 0.3) is 10.1 Å². The van der Waals surface area contributed by atoms with Crippen molar-refractivity contribution in [3.05, 3.63) is 0 Å². The van der Waals surface area contributed by atoms with Crippen molar-refractivity contribution in [1.82, 2.24) is 0 Å². The van der Waals surface area contributed by atoms with Crippen molar-refractivity contribution in [2.24, 2.45) is 0 Å². The fraction of sp³-hybridized carbons (Fsp3) is 1.00. The normalized spacial score (nSPS) is 14.8. The van der Waals surface area contributed by atoms with Gasteiger partial charge < -0.3 is 0 Å². The van der Waals surface area contributed by atoms with Gasteiger partial charge in [0, 0.05) is 0 Å². The van der Waals surface area contributed by atoms with Gasteiger partial charge in [0.15, 0.2) is 0 Å². The Hall–Kier alpha value is -0.350. The predicted octanol–water partition coefficient (Wildman–Crippen LogP) is 2.15. The van der Waals surface area contributed by atoms with Crippen molar-refractivity contribution < 1.29 is 33.6 Å². The van der Waals surface area contributed by atoms with Crippen LogP contribution in [0.4, 0.5) is 13.2 Å². The van der Waals surface area contributed by atoms with Crippen LogP contribution < -0.4 is 0 Å². The molecule has 0 rings (SSSR count). The standard InChI is InChI=1S/C8H15F3O5S2/c1-4-7(5-2,6-3)17(12,13)16-18(14,15)8(9,10)11/h4-6H2,1-3H3. The van der Waals surface area contributed by atoms with Gasteiger partial charge in [0.1, 0.15) is 0 Å². The summed E-state index contributed by atoms with van der Waals surface area (Å²) in [5, 5.41) is 0. The zero-order valence-electron chi connectivity index (χ0n) is 10.1. The number of alkyl halides is 3. The molecule has 0 unspecified atom stereocenters. The molecule has 0 bridgehead atoms. The van der Waals surface area contributed by atoms with Crippen molar-refractivity contribution >= 4 is 20.2 Å². The second-order valence-corrected chi connectivity index (χ2v) is 7.36. The molecule has 0 fully saturated rings. The quantitative estimate of drug-likeness (QED) is 0.702. The van der Waals surface area contributed by atoms with E-state index in [4.69, 9.17) is 0 Å². The van der Waals surface area contributed by atoms with E-state index in [9.17, 15) is 30.0 Å². The van der Waals surface area contributed by atoms with Gasteiger partial charge in [-0.25, -0.2) is 0 Å². The maximum Gasteiger partial charge on any atom is 0.524 e. The van der Waals surface area contributed by atoms with E-state index in [1.54, 1.807) is 0 Å². The number of hydrogen-bond acceptors (Lipinski definition) is 5. The van der Waals surface area contributed by atoms with Gasteiger partial charge in [-0.05, 0) is 19.3 Å². The first-order chi connectivity index (χ1) is 7.89. The molecule has 0 aliphatic rings. The third kappa shape index (κ3) is 3.15. The first-order valence-electron chi connectivity index (χ1n) is 5.16. The van der Waals surface area contributed by atoms with Crippen LogP contribution in [-0.4, -0.2) is 27.1 Å². The maximum absolute atomic E-state index is 12.1. The summed E-state index contributed by atoms with van der Waals surface area (Å²) in [6.07, 6.45) is -0.138. The van der Waals surface area contributed by atoms with E-state index in [-0.39, 0.29) is 19.3 Å². The molecule has 0 aromatic heterocycles. The Bertz CT molecular complexity index is 465. The molecule has 0 amide bonds. The van der Waals surface area contributed by atoms with Crippen molar-refractivity contribution in [2.45, 2.75) is 50.3 Å². The van der Waals surface area contributed by atoms with E-state index < -0.39 is 30.5 Å². The van der Waals surface area contributed by atoms with E-state index in [0.717, 1.165) is 0 Å². The third-order valence-corrected chi connectivity index (χ3v) is 6.85. The molecule has 0 radical (unpaired) electrons. The zero-order chi connectivity index (χ0) is 14.8. The highest BCUT2D eigenvalue weighted by Crippen LogP contribution is 2.35. The van der Waals surface area contributed by atoms with Crippen LogP contribution >= 0.6 is 0 Å². The minimum absolute atomic E-state index is 0.0459. The van der Waals surface area contributed by atoms with Gasteiger partial charge >= 0.3 is 15.6 Å². The Morgan fingerprint density at radius 2 is 1.17 bits per heavy atom. The molecular weight excluding hydrogens is 297 g/mol. The number of rotatable bonds is 6. The van der Waals surface area contributed by atoms with E-state index in [1.165, 1.54) is 20.8 Å². The minimum Gasteiger partial charge on any atom is -0.198 e. The second kappa shape index (κ2) is 5.33. The average molecular weight is 312 g/mol. The molecular formula is C8H15F3O5S2. The molecule has 5 nitrogen and oxygen atoms in total. The highest BCUT2D eigenvalue weighted by atomic mass is 32.3. The Morgan fingerprint density at radius 1 is 0.833 bits per heavy atom. The van der Waals surface area contributed by atoms with Crippen LogP contribution in [0.5, 0.6) is 0 Å². The van der Waals surface area contributed by atoms with Crippen LogP contribution in [0.2, 0.25) is 0 Å². The van der Waals surface area contributed by atoms with Gasteiger partial charge in [0.2, 0.25) is 0 Å². The molecule has 0 spiro atoms. The van der Waals surface area contributed by atoms with Crippen molar-refractivity contribution in [1.29, 1.82) is 0 Å². The molecule has 0 N–H and O–H groups in total. The van der Waals surface area contributed by atoms with Gasteiger partial charge in [-0.15, -0.1) is 3.63 Å². The van der Waals surface area contributed by atoms with Gasteiger partial charge in [-0.3, -0.25) is 0 Å². The molecule has 0 saturated heterocycles. The summed E-state index contributed by atoms with van der Waals surface area (Å²) in [6, 6.07) is 0. The highest BCUT2D eigenvalue weighted by molar-refractivity contribution is 8.00. The van der Waals surface area contributed by atoms with Crippen LogP contribution in [0, 0.1) is 0 Å². The molecule has 0 aromatic rings. The lowest BCUT2D eigenvalue weighted by atomic mass is 9.99. The fourth-order valence-electron chi connectivity index (χ4n) is 1.51. The lowest BCUT2D eigenvalue weighted by Crippen LogP contribution is -2.41. The summed E-state index contributed by atoms with van der Waals surface area (Å²) in [4.78, 5) is 0. The molecule has 18 heavy (non-hydrogen) atoms. The molecule has 0 aliphatic carbocycles. The molecule has 0 heterocycles. The first-order valence-corrected chi connectivity index (χ1v) is 7.97. The molecule has 0 atom stereocenters. The van der Waals surface area contributed by atoms with Crippen LogP contribution in [0.25, 0.3) is 0 Å². The fourth-order valence-corrected chi connectivity index (χ4v) is 4.40. The second-order valence-electron chi connectivity index (χ2n) is 3.67. The lowest BCUT2D eigenvalue weighted by Gasteiger charge is -2.28. The van der Waals surface area contributed by atoms with Crippen molar-refractivity contribution in [2.75, 3.05) is 0 Å². The van der Waals surface area contributed by atoms with Crippen LogP contribution in [-0.2, 0) is 23.9 Å². The summed E-state index contributed by atoms with van der Waals surface area (Å²) in [6.45, 7) is 4.32. The van der Waals surface area contributed by atoms with Gasteiger partial charge in [-0.2, -0.15) is 30.0 Å². The summed E-state index contributed by atoms with van der Waals surface area (Å²) in [7, 11) is -11.0. The van der Waals surface area contributed by atoms with E-state index in [1.807, 2.05) is 0 Å². The summed E-state index contributed by atoms with van der Waals surface area (Å²) in [5.74, 6) is 0. The zero-order valence-corrected chi connectivity index (χ0v) is 11.7. The smallest absolute Gasteiger partial charge is 0.198 e. The number of halogens is 3. The topological polar surface area (TPSA) is 77.5 Å². The minimum atomic E-state index is -6.16. The molecule has 10 heteroatoms. The van der Waals surface area contributed by atoms with Gasteiger partial charge in [-0.1, -0.05) is 20.8 Å².